The van der Waals surface area contributed by atoms with Gasteiger partial charge in [-0.1, -0.05) is 18.2 Å². The lowest BCUT2D eigenvalue weighted by atomic mass is 9.89. The molecule has 0 saturated carbocycles. The summed E-state index contributed by atoms with van der Waals surface area (Å²) in [5, 5.41) is 0. The fourth-order valence-corrected chi connectivity index (χ4v) is 5.61. The summed E-state index contributed by atoms with van der Waals surface area (Å²) in [5.74, 6) is 0.0908. The van der Waals surface area contributed by atoms with Crippen LogP contribution < -0.4 is 9.46 Å². The molecule has 1 saturated heterocycles. The number of aryl methyl sites for hydroxylation is 2. The SMILES string of the molecule is COc1ccc(S(=O)(=O)N[C@H](C)c2ccc3c(c2)CCCC3)cc1C(=O)N1CCOCC1. The molecule has 1 atom stereocenters. The molecule has 1 amide bonds. The van der Waals surface area contributed by atoms with Gasteiger partial charge in [0.05, 0.1) is 30.8 Å². The van der Waals surface area contributed by atoms with Crippen molar-refractivity contribution in [3.63, 3.8) is 0 Å². The minimum absolute atomic E-state index is 0.0414. The van der Waals surface area contributed by atoms with Crippen LogP contribution >= 0.6 is 0 Å². The average molecular weight is 459 g/mol. The van der Waals surface area contributed by atoms with E-state index in [2.05, 4.69) is 16.9 Å². The van der Waals surface area contributed by atoms with Crippen LogP contribution in [0.1, 0.15) is 52.9 Å². The molecule has 1 aliphatic heterocycles. The van der Waals surface area contributed by atoms with E-state index in [1.807, 2.05) is 13.0 Å². The Morgan fingerprint density at radius 3 is 2.50 bits per heavy atom. The smallest absolute Gasteiger partial charge is 0.257 e. The van der Waals surface area contributed by atoms with E-state index in [0.29, 0.717) is 32.1 Å². The van der Waals surface area contributed by atoms with E-state index < -0.39 is 16.1 Å². The first-order valence-corrected chi connectivity index (χ1v) is 12.6. The highest BCUT2D eigenvalue weighted by Gasteiger charge is 2.26. The molecule has 0 unspecified atom stereocenters. The maximum absolute atomic E-state index is 13.2. The molecule has 1 heterocycles. The highest BCUT2D eigenvalue weighted by molar-refractivity contribution is 7.89. The molecule has 0 aromatic heterocycles. The highest BCUT2D eigenvalue weighted by atomic mass is 32.2. The summed E-state index contributed by atoms with van der Waals surface area (Å²) in [6, 6.07) is 10.2. The second kappa shape index (κ2) is 9.60. The number of morpholine rings is 1. The van der Waals surface area contributed by atoms with Crippen LogP contribution in [0.15, 0.2) is 41.3 Å². The van der Waals surface area contributed by atoms with Gasteiger partial charge in [-0.3, -0.25) is 4.79 Å². The molecule has 0 spiro atoms. The van der Waals surface area contributed by atoms with Gasteiger partial charge in [0.25, 0.3) is 5.91 Å². The number of sulfonamides is 1. The number of fused-ring (bicyclic) bond motifs is 1. The van der Waals surface area contributed by atoms with Gasteiger partial charge in [0.15, 0.2) is 0 Å². The van der Waals surface area contributed by atoms with E-state index in [9.17, 15) is 13.2 Å². The number of rotatable bonds is 6. The van der Waals surface area contributed by atoms with Gasteiger partial charge >= 0.3 is 0 Å². The van der Waals surface area contributed by atoms with Crippen LogP contribution in [-0.4, -0.2) is 52.6 Å². The number of methoxy groups -OCH3 is 1. The zero-order valence-electron chi connectivity index (χ0n) is 18.6. The number of hydrogen-bond donors (Lipinski definition) is 1. The van der Waals surface area contributed by atoms with Crippen molar-refractivity contribution in [2.24, 2.45) is 0 Å². The van der Waals surface area contributed by atoms with Crippen LogP contribution in [0.5, 0.6) is 5.75 Å². The van der Waals surface area contributed by atoms with Crippen molar-refractivity contribution in [1.82, 2.24) is 9.62 Å². The van der Waals surface area contributed by atoms with E-state index in [1.54, 1.807) is 4.90 Å². The zero-order chi connectivity index (χ0) is 22.7. The number of hydrogen-bond acceptors (Lipinski definition) is 5. The number of ether oxygens (including phenoxy) is 2. The van der Waals surface area contributed by atoms with Gasteiger partial charge in [-0.15, -0.1) is 0 Å². The lowest BCUT2D eigenvalue weighted by Gasteiger charge is -2.27. The monoisotopic (exact) mass is 458 g/mol. The first-order valence-electron chi connectivity index (χ1n) is 11.1. The summed E-state index contributed by atoms with van der Waals surface area (Å²) in [7, 11) is -2.37. The van der Waals surface area contributed by atoms with Gasteiger partial charge in [0, 0.05) is 19.1 Å². The molecule has 1 fully saturated rings. The molecule has 1 N–H and O–H groups in total. The summed E-state index contributed by atoms with van der Waals surface area (Å²) < 4.78 is 39.7. The molecular formula is C24H30N2O5S. The third kappa shape index (κ3) is 4.82. The number of nitrogens with zero attached hydrogens (tertiary/aromatic N) is 1. The molecule has 32 heavy (non-hydrogen) atoms. The molecule has 172 valence electrons. The van der Waals surface area contributed by atoms with Gasteiger partial charge in [-0.25, -0.2) is 13.1 Å². The lowest BCUT2D eigenvalue weighted by molar-refractivity contribution is 0.0300. The standard InChI is InChI=1S/C24H30N2O5S/c1-17(19-8-7-18-5-3-4-6-20(18)15-19)25-32(28,29)21-9-10-23(30-2)22(16-21)24(27)26-11-13-31-14-12-26/h7-10,15-17,25H,3-6,11-14H2,1-2H3/t17-/m1/s1. The van der Waals surface area contributed by atoms with Crippen LogP contribution in [0.2, 0.25) is 0 Å². The van der Waals surface area contributed by atoms with Gasteiger partial charge in [0.2, 0.25) is 10.0 Å². The van der Waals surface area contributed by atoms with Crippen LogP contribution in [0, 0.1) is 0 Å². The number of amides is 1. The van der Waals surface area contributed by atoms with Crippen molar-refractivity contribution in [3.8, 4) is 5.75 Å². The molecule has 0 bridgehead atoms. The van der Waals surface area contributed by atoms with Crippen LogP contribution in [-0.2, 0) is 27.6 Å². The topological polar surface area (TPSA) is 84.9 Å². The summed E-state index contributed by atoms with van der Waals surface area (Å²) in [6.45, 7) is 3.70. The first kappa shape index (κ1) is 22.8. The Bertz CT molecular complexity index is 1090. The summed E-state index contributed by atoms with van der Waals surface area (Å²) in [6.07, 6.45) is 4.50. The van der Waals surface area contributed by atoms with Crippen molar-refractivity contribution in [3.05, 3.63) is 58.7 Å². The second-order valence-electron chi connectivity index (χ2n) is 8.34. The molecule has 1 aliphatic carbocycles. The molecule has 4 rings (SSSR count). The Hall–Kier alpha value is -2.42. The lowest BCUT2D eigenvalue weighted by Crippen LogP contribution is -2.40. The number of carbonyl (C=O) groups excluding carboxylic acids is 1. The highest BCUT2D eigenvalue weighted by Crippen LogP contribution is 2.28. The van der Waals surface area contributed by atoms with Crippen molar-refractivity contribution >= 4 is 15.9 Å². The van der Waals surface area contributed by atoms with Crippen molar-refractivity contribution in [2.75, 3.05) is 33.4 Å². The van der Waals surface area contributed by atoms with Gasteiger partial charge in [0.1, 0.15) is 5.75 Å². The Kier molecular flexibility index (Phi) is 6.83. The van der Waals surface area contributed by atoms with E-state index in [4.69, 9.17) is 9.47 Å². The maximum Gasteiger partial charge on any atom is 0.257 e. The summed E-state index contributed by atoms with van der Waals surface area (Å²) >= 11 is 0. The minimum Gasteiger partial charge on any atom is -0.496 e. The number of carbonyl (C=O) groups is 1. The minimum atomic E-state index is -3.84. The van der Waals surface area contributed by atoms with Crippen LogP contribution in [0.4, 0.5) is 0 Å². The fourth-order valence-electron chi connectivity index (χ4n) is 4.35. The summed E-state index contributed by atoms with van der Waals surface area (Å²) in [5.41, 5.74) is 3.84. The normalized spacial score (nSPS) is 17.5. The van der Waals surface area contributed by atoms with Crippen molar-refractivity contribution < 1.29 is 22.7 Å². The third-order valence-corrected chi connectivity index (χ3v) is 7.75. The Morgan fingerprint density at radius 2 is 1.78 bits per heavy atom. The number of nitrogens with one attached hydrogen (secondary N) is 1. The Balaban J connectivity index is 1.57. The predicted octanol–water partition coefficient (Wildman–Crippen LogP) is 3.09. The molecule has 2 aromatic carbocycles. The molecule has 8 heteroatoms. The molecule has 7 nitrogen and oxygen atoms in total. The van der Waals surface area contributed by atoms with E-state index in [-0.39, 0.29) is 16.4 Å². The molecule has 0 radical (unpaired) electrons. The molecular weight excluding hydrogens is 428 g/mol. The Morgan fingerprint density at radius 1 is 1.06 bits per heavy atom. The van der Waals surface area contributed by atoms with Crippen molar-refractivity contribution in [2.45, 2.75) is 43.5 Å². The predicted molar refractivity (Wildman–Crippen MR) is 122 cm³/mol. The Labute approximate surface area is 189 Å². The van der Waals surface area contributed by atoms with Gasteiger partial charge in [-0.05, 0) is 67.5 Å². The van der Waals surface area contributed by atoms with Crippen molar-refractivity contribution in [1.29, 1.82) is 0 Å². The zero-order valence-corrected chi connectivity index (χ0v) is 19.4. The van der Waals surface area contributed by atoms with Gasteiger partial charge in [-0.2, -0.15) is 0 Å². The maximum atomic E-state index is 13.2. The fraction of sp³-hybridized carbons (Fsp3) is 0.458. The van der Waals surface area contributed by atoms with Crippen LogP contribution in [0.25, 0.3) is 0 Å². The van der Waals surface area contributed by atoms with Gasteiger partial charge < -0.3 is 14.4 Å². The number of benzene rings is 2. The molecule has 2 aromatic rings. The second-order valence-corrected chi connectivity index (χ2v) is 10.1. The third-order valence-electron chi connectivity index (χ3n) is 6.21. The van der Waals surface area contributed by atoms with E-state index in [1.165, 1.54) is 49.3 Å². The quantitative estimate of drug-likeness (QED) is 0.719. The largest absolute Gasteiger partial charge is 0.496 e. The van der Waals surface area contributed by atoms with E-state index >= 15 is 0 Å². The molecule has 2 aliphatic rings. The van der Waals surface area contributed by atoms with Crippen LogP contribution in [0.3, 0.4) is 0 Å². The average Bonchev–Trinajstić information content (AvgIpc) is 2.83. The van der Waals surface area contributed by atoms with E-state index in [0.717, 1.165) is 18.4 Å². The first-order chi connectivity index (χ1) is 15.4. The summed E-state index contributed by atoms with van der Waals surface area (Å²) in [4.78, 5) is 14.7.